The highest BCUT2D eigenvalue weighted by molar-refractivity contribution is 7.98. The predicted octanol–water partition coefficient (Wildman–Crippen LogP) is -4.07. The van der Waals surface area contributed by atoms with Crippen molar-refractivity contribution in [3.63, 3.8) is 0 Å². The van der Waals surface area contributed by atoms with Crippen molar-refractivity contribution < 1.29 is 58.8 Å². The Labute approximate surface area is 382 Å². The smallest absolute Gasteiger partial charge is 0.246 e. The molecular weight excluding hydrogens is 869 g/mol. The molecule has 1 aromatic carbocycles. The van der Waals surface area contributed by atoms with Crippen LogP contribution in [0.1, 0.15) is 70.1 Å². The molecular formula is C42H66N10O12S. The summed E-state index contributed by atoms with van der Waals surface area (Å²) in [4.78, 5) is 109. The van der Waals surface area contributed by atoms with Gasteiger partial charge in [0.2, 0.25) is 47.3 Å². The molecule has 0 aromatic heterocycles. The average Bonchev–Trinajstić information content (AvgIpc) is 3.66. The summed E-state index contributed by atoms with van der Waals surface area (Å²) in [5, 5.41) is 57.8. The van der Waals surface area contributed by atoms with Gasteiger partial charge in [0.25, 0.3) is 0 Å². The number of aliphatic hydroxyl groups excluding tert-OH is 3. The fourth-order valence-corrected chi connectivity index (χ4v) is 8.49. The highest BCUT2D eigenvalue weighted by Gasteiger charge is 2.44. The number of phenolic OH excluding ortho intramolecular Hbond substituents is 1. The normalized spacial score (nSPS) is 24.1. The number of thioether (sulfide) groups is 1. The van der Waals surface area contributed by atoms with Crippen molar-refractivity contribution in [2.24, 2.45) is 29.0 Å². The summed E-state index contributed by atoms with van der Waals surface area (Å²) in [5.41, 5.74) is 18.2. The highest BCUT2D eigenvalue weighted by Crippen LogP contribution is 2.34. The Morgan fingerprint density at radius 1 is 1.02 bits per heavy atom. The fraction of sp³-hybridized carbons (Fsp3) is 0.619. The summed E-state index contributed by atoms with van der Waals surface area (Å²) >= 11 is 1.36. The van der Waals surface area contributed by atoms with Crippen LogP contribution in [0.3, 0.4) is 0 Å². The molecule has 0 bridgehead atoms. The number of fused-ring (bicyclic) bond motifs is 2. The van der Waals surface area contributed by atoms with Gasteiger partial charge in [0, 0.05) is 55.0 Å². The number of nitrogens with two attached hydrogens (primary N) is 3. The number of benzene rings is 1. The van der Waals surface area contributed by atoms with E-state index in [9.17, 15) is 58.8 Å². The minimum absolute atomic E-state index is 0.0571. The monoisotopic (exact) mass is 934 g/mol. The van der Waals surface area contributed by atoms with Gasteiger partial charge < -0.3 is 74.4 Å². The molecule has 0 saturated carbocycles. The molecule has 1 saturated heterocycles. The van der Waals surface area contributed by atoms with Crippen LogP contribution in [0.4, 0.5) is 0 Å². The van der Waals surface area contributed by atoms with Crippen LogP contribution in [0, 0.1) is 11.8 Å². The van der Waals surface area contributed by atoms with Crippen molar-refractivity contribution in [3.05, 3.63) is 35.4 Å². The van der Waals surface area contributed by atoms with Crippen LogP contribution in [-0.4, -0.2) is 160 Å². The van der Waals surface area contributed by atoms with E-state index in [1.807, 2.05) is 0 Å². The lowest BCUT2D eigenvalue weighted by molar-refractivity contribution is -0.144. The third kappa shape index (κ3) is 15.1. The van der Waals surface area contributed by atoms with Gasteiger partial charge in [0.05, 0.1) is 38.3 Å². The van der Waals surface area contributed by atoms with E-state index in [-0.39, 0.29) is 43.2 Å². The van der Waals surface area contributed by atoms with Crippen LogP contribution in [0.25, 0.3) is 5.57 Å². The van der Waals surface area contributed by atoms with Crippen molar-refractivity contribution in [2.45, 2.75) is 114 Å². The molecule has 1 aromatic rings. The molecule has 65 heavy (non-hydrogen) atoms. The van der Waals surface area contributed by atoms with Crippen LogP contribution in [0.15, 0.2) is 18.7 Å². The Bertz CT molecular complexity index is 1920. The first kappa shape index (κ1) is 54.0. The number of carbonyl (C=O) groups excluding carboxylic acids is 8. The number of hydrogen-bond acceptors (Lipinski definition) is 15. The van der Waals surface area contributed by atoms with E-state index in [2.05, 4.69) is 38.5 Å². The van der Waals surface area contributed by atoms with Crippen LogP contribution >= 0.6 is 11.8 Å². The van der Waals surface area contributed by atoms with Gasteiger partial charge in [-0.1, -0.05) is 39.8 Å². The Morgan fingerprint density at radius 3 is 2.32 bits per heavy atom. The summed E-state index contributed by atoms with van der Waals surface area (Å²) in [7, 11) is 0. The van der Waals surface area contributed by atoms with E-state index in [4.69, 9.17) is 17.2 Å². The maximum atomic E-state index is 14.6. The van der Waals surface area contributed by atoms with E-state index < -0.39 is 128 Å². The van der Waals surface area contributed by atoms with E-state index in [0.717, 1.165) is 4.90 Å². The third-order valence-electron chi connectivity index (χ3n) is 11.5. The van der Waals surface area contributed by atoms with Crippen molar-refractivity contribution >= 4 is 64.6 Å². The Kier molecular flexibility index (Phi) is 21.1. The van der Waals surface area contributed by atoms with Crippen molar-refractivity contribution in [1.82, 2.24) is 36.8 Å². The zero-order valence-corrected chi connectivity index (χ0v) is 38.1. The second kappa shape index (κ2) is 25.4. The number of aromatic hydroxyl groups is 1. The molecule has 2 aliphatic heterocycles. The molecule has 8 amide bonds. The second-order valence-electron chi connectivity index (χ2n) is 16.5. The maximum Gasteiger partial charge on any atom is 0.246 e. The lowest BCUT2D eigenvalue weighted by atomic mass is 9.88. The standard InChI is InChI=1S/C42H66N10O12S/c1-6-20(2)36(50-34(58)15-44)40(62)46-16-35(59)48-28-13-26-25(7-8-31(55)27(26)19-65-10-9-43)21(3)11-22(4)47-41(63)37(23(5)32(56)18-53)51-39(61)30-12-24(54)17-52(30)42(64)29(14-33(45)57)49-38(28)60/h7-8,20,22-24,28-30,32,36-37,53-56H,3,6,9-19,43-44H2,1-2,4-5H3,(H2,45,57)(H,46,62)(H,47,63)(H,48,59)(H,49,60)(H,50,58)(H,51,61)/t20-,22+,23-,24+,28?,29-,30-,32?,36-,37-/m0/s1. The third-order valence-corrected chi connectivity index (χ3v) is 12.5. The van der Waals surface area contributed by atoms with Crippen molar-refractivity contribution in [1.29, 1.82) is 0 Å². The van der Waals surface area contributed by atoms with Gasteiger partial charge in [0.1, 0.15) is 36.0 Å². The zero-order chi connectivity index (χ0) is 48.7. The SMILES string of the molecule is C=C1C[C@@H](C)NC(=O)[C@H]([C@@H](C)C(O)CO)NC(=O)[C@@H]2C[C@@H](O)CN2C(=O)[C@H](CC(N)=O)NC(=O)C(NC(=O)CNC(=O)[C@@H](NC(=O)CN)[C@@H](C)CC)Cc2c1ccc(O)c2CSCCN. The van der Waals surface area contributed by atoms with E-state index >= 15 is 0 Å². The lowest BCUT2D eigenvalue weighted by Gasteiger charge is -2.33. The Balaban J connectivity index is 2.21. The molecule has 2 heterocycles. The van der Waals surface area contributed by atoms with Gasteiger partial charge in [-0.05, 0) is 42.0 Å². The predicted molar refractivity (Wildman–Crippen MR) is 240 cm³/mol. The van der Waals surface area contributed by atoms with E-state index in [1.54, 1.807) is 26.8 Å². The Hall–Kier alpha value is -5.33. The summed E-state index contributed by atoms with van der Waals surface area (Å²) < 4.78 is 0. The minimum atomic E-state index is -1.77. The number of hydrogen-bond donors (Lipinski definition) is 13. The first-order valence-electron chi connectivity index (χ1n) is 21.5. The molecule has 0 radical (unpaired) electrons. The van der Waals surface area contributed by atoms with E-state index in [0.29, 0.717) is 41.0 Å². The minimum Gasteiger partial charge on any atom is -0.508 e. The zero-order valence-electron chi connectivity index (χ0n) is 37.3. The van der Waals surface area contributed by atoms with Crippen LogP contribution < -0.4 is 49.1 Å². The number of nitrogens with zero attached hydrogens (tertiary/aromatic N) is 1. The molecule has 3 rings (SSSR count). The van der Waals surface area contributed by atoms with Gasteiger partial charge in [-0.2, -0.15) is 11.8 Å². The second-order valence-corrected chi connectivity index (χ2v) is 17.7. The molecule has 362 valence electrons. The number of amides is 8. The van der Waals surface area contributed by atoms with Gasteiger partial charge in [-0.3, -0.25) is 38.4 Å². The number of primary amides is 1. The molecule has 1 fully saturated rings. The molecule has 23 heteroatoms. The summed E-state index contributed by atoms with van der Waals surface area (Å²) in [6, 6.07) is -5.09. The first-order valence-corrected chi connectivity index (χ1v) is 22.7. The number of rotatable bonds is 17. The van der Waals surface area contributed by atoms with Crippen molar-refractivity contribution in [3.8, 4) is 5.75 Å². The molecule has 10 atom stereocenters. The van der Waals surface area contributed by atoms with Gasteiger partial charge in [-0.15, -0.1) is 0 Å². The van der Waals surface area contributed by atoms with Gasteiger partial charge >= 0.3 is 0 Å². The largest absolute Gasteiger partial charge is 0.508 e. The highest BCUT2D eigenvalue weighted by atomic mass is 32.2. The first-order chi connectivity index (χ1) is 30.7. The molecule has 0 spiro atoms. The molecule has 0 aliphatic carbocycles. The topological polar surface area (TPSA) is 371 Å². The van der Waals surface area contributed by atoms with Gasteiger partial charge in [-0.25, -0.2) is 0 Å². The van der Waals surface area contributed by atoms with Crippen LogP contribution in [0.2, 0.25) is 0 Å². The summed E-state index contributed by atoms with van der Waals surface area (Å²) in [6.07, 6.45) is -3.70. The Morgan fingerprint density at radius 2 is 1.71 bits per heavy atom. The summed E-state index contributed by atoms with van der Waals surface area (Å²) in [5.74, 6) is -7.93. The van der Waals surface area contributed by atoms with Crippen LogP contribution in [0.5, 0.6) is 5.75 Å². The lowest BCUT2D eigenvalue weighted by Crippen LogP contribution is -2.60. The average molecular weight is 935 g/mol. The maximum absolute atomic E-state index is 14.6. The van der Waals surface area contributed by atoms with Crippen molar-refractivity contribution in [2.75, 3.05) is 38.5 Å². The number of aliphatic hydroxyl groups is 3. The number of phenols is 1. The van der Waals surface area contributed by atoms with Gasteiger partial charge in [0.15, 0.2) is 0 Å². The summed E-state index contributed by atoms with van der Waals surface area (Å²) in [6.45, 7) is 8.87. The molecule has 16 N–H and O–H groups in total. The quantitative estimate of drug-likeness (QED) is 0.0661. The number of nitrogens with one attached hydrogen (secondary N) is 6. The number of carbonyl (C=O) groups is 8. The van der Waals surface area contributed by atoms with Crippen LogP contribution in [-0.2, 0) is 50.5 Å². The molecule has 22 nitrogen and oxygen atoms in total. The fourth-order valence-electron chi connectivity index (χ4n) is 7.65. The van der Waals surface area contributed by atoms with E-state index in [1.165, 1.54) is 24.8 Å². The molecule has 2 unspecified atom stereocenters. The molecule has 2 aliphatic rings.